The molecule has 0 unspecified atom stereocenters. The van der Waals surface area contributed by atoms with Gasteiger partial charge in [-0.3, -0.25) is 14.4 Å². The van der Waals surface area contributed by atoms with Crippen molar-refractivity contribution in [3.8, 4) is 0 Å². The van der Waals surface area contributed by atoms with Crippen LogP contribution in [0.1, 0.15) is 73.1 Å². The van der Waals surface area contributed by atoms with Crippen molar-refractivity contribution < 1.29 is 18.8 Å². The maximum atomic E-state index is 13.8. The van der Waals surface area contributed by atoms with Crippen LogP contribution < -0.4 is 15.5 Å². The Labute approximate surface area is 281 Å². The number of carbonyl (C=O) groups excluding carboxylic acids is 3. The number of hydrogen-bond acceptors (Lipinski definition) is 6. The van der Waals surface area contributed by atoms with Crippen LogP contribution >= 0.6 is 0 Å². The monoisotopic (exact) mass is 652 g/mol. The molecule has 48 heavy (non-hydrogen) atoms. The Morgan fingerprint density at radius 3 is 2.60 bits per heavy atom. The lowest BCUT2D eigenvalue weighted by Gasteiger charge is -2.36. The highest BCUT2D eigenvalue weighted by Gasteiger charge is 2.56. The Bertz CT molecular complexity index is 1750. The second-order valence-corrected chi connectivity index (χ2v) is 14.2. The molecule has 2 aromatic carbocycles. The lowest BCUT2D eigenvalue weighted by Crippen LogP contribution is -2.51. The molecule has 0 bridgehead atoms. The molecule has 2 saturated heterocycles. The van der Waals surface area contributed by atoms with Gasteiger partial charge in [0.1, 0.15) is 17.6 Å². The molecule has 4 fully saturated rings. The Morgan fingerprint density at radius 2 is 1.83 bits per heavy atom. The summed E-state index contributed by atoms with van der Waals surface area (Å²) in [5, 5.41) is 6.49. The first-order valence-corrected chi connectivity index (χ1v) is 17.3. The largest absolute Gasteiger partial charge is 0.371 e. The van der Waals surface area contributed by atoms with Gasteiger partial charge in [-0.25, -0.2) is 9.37 Å². The van der Waals surface area contributed by atoms with Crippen molar-refractivity contribution in [1.29, 1.82) is 0 Å². The van der Waals surface area contributed by atoms with E-state index in [-0.39, 0.29) is 42.0 Å². The average Bonchev–Trinajstić information content (AvgIpc) is 4.03. The number of anilines is 1. The zero-order chi connectivity index (χ0) is 33.5. The van der Waals surface area contributed by atoms with Crippen LogP contribution in [0.3, 0.4) is 0 Å². The molecule has 2 aliphatic carbocycles. The van der Waals surface area contributed by atoms with Crippen molar-refractivity contribution in [2.24, 2.45) is 11.8 Å². The van der Waals surface area contributed by atoms with E-state index in [2.05, 4.69) is 69.9 Å². The van der Waals surface area contributed by atoms with E-state index >= 15 is 0 Å². The molecule has 9 nitrogen and oxygen atoms in total. The van der Waals surface area contributed by atoms with Crippen molar-refractivity contribution in [3.05, 3.63) is 77.2 Å². The average molecular weight is 653 g/mol. The van der Waals surface area contributed by atoms with Gasteiger partial charge in [0.25, 0.3) is 5.91 Å². The van der Waals surface area contributed by atoms with Crippen molar-refractivity contribution in [2.75, 3.05) is 38.6 Å². The number of benzene rings is 2. The van der Waals surface area contributed by atoms with Crippen LogP contribution in [-0.4, -0.2) is 84.4 Å². The summed E-state index contributed by atoms with van der Waals surface area (Å²) in [7, 11) is 4.37. The predicted octanol–water partition coefficient (Wildman–Crippen LogP) is 4.92. The van der Waals surface area contributed by atoms with E-state index in [0.29, 0.717) is 35.2 Å². The van der Waals surface area contributed by atoms with Gasteiger partial charge < -0.3 is 25.3 Å². The molecule has 4 atom stereocenters. The van der Waals surface area contributed by atoms with Crippen LogP contribution in [0.25, 0.3) is 17.0 Å². The minimum Gasteiger partial charge on any atom is -0.371 e. The summed E-state index contributed by atoms with van der Waals surface area (Å²) in [6.07, 6.45) is 10.7. The molecule has 7 rings (SSSR count). The molecule has 3 heterocycles. The summed E-state index contributed by atoms with van der Waals surface area (Å²) >= 11 is 0. The number of amides is 3. The second kappa shape index (κ2) is 13.3. The van der Waals surface area contributed by atoms with Crippen LogP contribution in [0.4, 0.5) is 10.1 Å². The normalized spacial score (nSPS) is 23.2. The summed E-state index contributed by atoms with van der Waals surface area (Å²) in [5.41, 5.74) is 3.99. The van der Waals surface area contributed by atoms with E-state index in [1.807, 2.05) is 6.92 Å². The Hall–Kier alpha value is -4.31. The lowest BCUT2D eigenvalue weighted by molar-refractivity contribution is -0.139. The van der Waals surface area contributed by atoms with E-state index in [9.17, 15) is 18.8 Å². The number of piperidine rings is 2. The third-order valence-electron chi connectivity index (χ3n) is 10.7. The molecule has 0 spiro atoms. The maximum absolute atomic E-state index is 13.8. The fourth-order valence-electron chi connectivity index (χ4n) is 7.44. The quantitative estimate of drug-likeness (QED) is 0.323. The van der Waals surface area contributed by atoms with Crippen molar-refractivity contribution in [2.45, 2.75) is 69.6 Å². The van der Waals surface area contributed by atoms with Crippen molar-refractivity contribution >= 4 is 40.4 Å². The van der Waals surface area contributed by atoms with Gasteiger partial charge in [-0.2, -0.15) is 0 Å². The van der Waals surface area contributed by atoms with Gasteiger partial charge in [0, 0.05) is 30.2 Å². The Kier molecular flexibility index (Phi) is 8.94. The second-order valence-electron chi connectivity index (χ2n) is 14.2. The number of pyridine rings is 1. The third-order valence-corrected chi connectivity index (χ3v) is 10.7. The highest BCUT2D eigenvalue weighted by atomic mass is 19.1. The van der Waals surface area contributed by atoms with Gasteiger partial charge in [0.05, 0.1) is 18.1 Å². The first-order chi connectivity index (χ1) is 23.1. The van der Waals surface area contributed by atoms with E-state index in [1.165, 1.54) is 42.8 Å². The standard InChI is InChI=1S/C38H45FN6O3/c1-23(31-11-10-30(19-25(31)7-6-24-4-5-24)44(3)29-14-16-43(2)17-15-29)41-38(48)35-21-27-20-34(27)45(35)36(46)22-40-37(47)33-12-8-26-18-28(39)9-13-32(26)42-33/h6-13,18-19,23-24,27,29,34-35H,4-5,14-17,20-22H2,1-3H3,(H,40,47)(H,41,48)/b7-6+/t23-,27+,34+,35-/m0/s1. The smallest absolute Gasteiger partial charge is 0.270 e. The van der Waals surface area contributed by atoms with E-state index < -0.39 is 11.9 Å². The van der Waals surface area contributed by atoms with Gasteiger partial charge in [-0.05, 0) is 125 Å². The lowest BCUT2D eigenvalue weighted by atomic mass is 9.97. The van der Waals surface area contributed by atoms with Crippen LogP contribution in [0.5, 0.6) is 0 Å². The molecule has 4 aliphatic rings. The van der Waals surface area contributed by atoms with E-state index in [0.717, 1.165) is 43.5 Å². The molecule has 10 heteroatoms. The highest BCUT2D eigenvalue weighted by Crippen LogP contribution is 2.48. The minimum atomic E-state index is -0.574. The van der Waals surface area contributed by atoms with E-state index in [4.69, 9.17) is 0 Å². The summed E-state index contributed by atoms with van der Waals surface area (Å²) in [6, 6.07) is 13.6. The number of hydrogen-bond donors (Lipinski definition) is 2. The van der Waals surface area contributed by atoms with Crippen molar-refractivity contribution in [3.63, 3.8) is 0 Å². The summed E-state index contributed by atoms with van der Waals surface area (Å²) in [6.45, 7) is 3.98. The third kappa shape index (κ3) is 6.95. The number of halogens is 1. The molecular weight excluding hydrogens is 607 g/mol. The van der Waals surface area contributed by atoms with Crippen molar-refractivity contribution in [1.82, 2.24) is 25.4 Å². The molecule has 2 aliphatic heterocycles. The SMILES string of the molecule is C[C@H](NC(=O)[C@@H]1C[C@H]2C[C@H]2N1C(=O)CNC(=O)c1ccc2cc(F)ccc2n1)c1ccc(N(C)C2CCN(C)CC2)cc1/C=C/C1CC1. The Morgan fingerprint density at radius 1 is 1.04 bits per heavy atom. The fourth-order valence-corrected chi connectivity index (χ4v) is 7.44. The minimum absolute atomic E-state index is 0.0283. The van der Waals surface area contributed by atoms with Gasteiger partial charge in [-0.15, -0.1) is 0 Å². The number of aromatic nitrogens is 1. The molecule has 0 radical (unpaired) electrons. The molecule has 2 saturated carbocycles. The number of fused-ring (bicyclic) bond motifs is 2. The molecule has 3 amide bonds. The van der Waals surface area contributed by atoms with Crippen LogP contribution in [0, 0.1) is 17.7 Å². The van der Waals surface area contributed by atoms with Gasteiger partial charge in [0.15, 0.2) is 0 Å². The molecule has 252 valence electrons. The Balaban J connectivity index is 1.01. The van der Waals surface area contributed by atoms with Gasteiger partial charge in [-0.1, -0.05) is 24.3 Å². The number of rotatable bonds is 10. The number of allylic oxidation sites excluding steroid dienone is 1. The molecule has 3 aromatic rings. The summed E-state index contributed by atoms with van der Waals surface area (Å²) < 4.78 is 13.5. The highest BCUT2D eigenvalue weighted by molar-refractivity contribution is 5.98. The number of nitrogens with zero attached hydrogens (tertiary/aromatic N) is 4. The number of nitrogens with one attached hydrogen (secondary N) is 2. The fraction of sp³-hybridized carbons (Fsp3) is 0.474. The topological polar surface area (TPSA) is 97.9 Å². The maximum Gasteiger partial charge on any atom is 0.270 e. The summed E-state index contributed by atoms with van der Waals surface area (Å²) in [5.74, 6) is -0.373. The number of likely N-dealkylation sites (tertiary alicyclic amines) is 2. The number of carbonyl (C=O) groups is 3. The zero-order valence-corrected chi connectivity index (χ0v) is 28.0. The first kappa shape index (κ1) is 32.2. The van der Waals surface area contributed by atoms with E-state index in [1.54, 1.807) is 11.0 Å². The van der Waals surface area contributed by atoms with Crippen LogP contribution in [0.15, 0.2) is 54.6 Å². The van der Waals surface area contributed by atoms with Gasteiger partial charge in [0.2, 0.25) is 11.8 Å². The zero-order valence-electron chi connectivity index (χ0n) is 28.0. The predicted molar refractivity (Wildman–Crippen MR) is 185 cm³/mol. The molecule has 2 N–H and O–H groups in total. The molecule has 1 aromatic heterocycles. The first-order valence-electron chi connectivity index (χ1n) is 17.3. The molecular formula is C38H45FN6O3. The van der Waals surface area contributed by atoms with Crippen LogP contribution in [0.2, 0.25) is 0 Å². The summed E-state index contributed by atoms with van der Waals surface area (Å²) in [4.78, 5) is 50.9. The van der Waals surface area contributed by atoms with Gasteiger partial charge >= 0.3 is 0 Å². The van der Waals surface area contributed by atoms with Crippen LogP contribution in [-0.2, 0) is 9.59 Å².